The smallest absolute Gasteiger partial charge is 0.321 e. The molecular weight excluding hydrogens is 478 g/mol. The number of phenols is 1. The molecule has 2 unspecified atom stereocenters. The first-order chi connectivity index (χ1) is 17.1. The molecule has 1 aliphatic rings. The molecule has 0 bridgehead atoms. The van der Waals surface area contributed by atoms with Crippen LogP contribution in [0, 0.1) is 11.3 Å². The highest BCUT2D eigenvalue weighted by atomic mass is 16.4. The fourth-order valence-corrected chi connectivity index (χ4v) is 6.66. The molecule has 0 amide bonds. The van der Waals surface area contributed by atoms with Gasteiger partial charge in [0.1, 0.15) is 5.75 Å². The number of unbranched alkanes of at least 4 members (excludes halogenated alkanes) is 1. The van der Waals surface area contributed by atoms with E-state index in [1.54, 1.807) is 0 Å². The Balaban J connectivity index is 3.09. The Morgan fingerprint density at radius 1 is 0.974 bits per heavy atom. The van der Waals surface area contributed by atoms with Gasteiger partial charge >= 0.3 is 11.9 Å². The molecule has 0 spiro atoms. The van der Waals surface area contributed by atoms with E-state index in [-0.39, 0.29) is 23.6 Å². The van der Waals surface area contributed by atoms with Gasteiger partial charge in [0.05, 0.1) is 0 Å². The van der Waals surface area contributed by atoms with Gasteiger partial charge in [-0.15, -0.1) is 0 Å². The monoisotopic (exact) mass is 531 g/mol. The molecule has 1 fully saturated rings. The molecule has 0 aliphatic carbocycles. The van der Waals surface area contributed by atoms with Crippen molar-refractivity contribution in [2.24, 2.45) is 11.3 Å². The second-order valence-corrected chi connectivity index (χ2v) is 14.8. The summed E-state index contributed by atoms with van der Waals surface area (Å²) in [6.07, 6.45) is 2.79. The summed E-state index contributed by atoms with van der Waals surface area (Å²) in [4.78, 5) is 28.8. The van der Waals surface area contributed by atoms with Gasteiger partial charge in [0.2, 0.25) is 0 Å². The standard InChI is InChI=1S/C32H53NO5/c1-13-14-16-32(26(35)36,27(37)38)24(21-15-17-30(8,9)33(12)31(21,10)11)20-18-22(28(2,3)4)25(34)23(19-20)29(5,6)7/h18-19,21,24,34H,13-17H2,1-12H3,(H,35,36)(H,37,38). The number of carboxylic acid groups (broad SMARTS) is 2. The number of hydrogen-bond donors (Lipinski definition) is 3. The zero-order valence-corrected chi connectivity index (χ0v) is 26.0. The van der Waals surface area contributed by atoms with Gasteiger partial charge in [-0.1, -0.05) is 73.4 Å². The number of carbonyl (C=O) groups is 2. The van der Waals surface area contributed by atoms with Crippen LogP contribution in [0.3, 0.4) is 0 Å². The summed E-state index contributed by atoms with van der Waals surface area (Å²) in [7, 11) is 2.07. The summed E-state index contributed by atoms with van der Waals surface area (Å²) < 4.78 is 0. The van der Waals surface area contributed by atoms with Gasteiger partial charge < -0.3 is 15.3 Å². The maximum Gasteiger partial charge on any atom is 0.321 e. The number of hydrogen-bond acceptors (Lipinski definition) is 4. The van der Waals surface area contributed by atoms with E-state index in [4.69, 9.17) is 0 Å². The second-order valence-electron chi connectivity index (χ2n) is 14.8. The minimum atomic E-state index is -2.00. The van der Waals surface area contributed by atoms with Crippen LogP contribution in [0.4, 0.5) is 0 Å². The Kier molecular flexibility index (Phi) is 8.86. The van der Waals surface area contributed by atoms with E-state index < -0.39 is 39.6 Å². The fraction of sp³-hybridized carbons (Fsp3) is 0.750. The lowest BCUT2D eigenvalue weighted by Crippen LogP contribution is -2.63. The number of carboxylic acids is 2. The molecule has 6 heteroatoms. The number of piperidine rings is 1. The molecule has 0 saturated carbocycles. The van der Waals surface area contributed by atoms with Crippen LogP contribution in [0.15, 0.2) is 12.1 Å². The van der Waals surface area contributed by atoms with E-state index >= 15 is 0 Å². The highest BCUT2D eigenvalue weighted by molar-refractivity contribution is 5.99. The van der Waals surface area contributed by atoms with Crippen molar-refractivity contribution < 1.29 is 24.9 Å². The van der Waals surface area contributed by atoms with Crippen molar-refractivity contribution in [3.05, 3.63) is 28.8 Å². The average Bonchev–Trinajstić information content (AvgIpc) is 2.74. The summed E-state index contributed by atoms with van der Waals surface area (Å²) >= 11 is 0. The summed E-state index contributed by atoms with van der Waals surface area (Å²) in [6.45, 7) is 22.7. The normalized spacial score (nSPS) is 21.2. The first kappa shape index (κ1) is 32.1. The lowest BCUT2D eigenvalue weighted by Gasteiger charge is -2.58. The van der Waals surface area contributed by atoms with Crippen LogP contribution in [-0.4, -0.2) is 50.3 Å². The van der Waals surface area contributed by atoms with E-state index in [1.165, 1.54) is 0 Å². The van der Waals surface area contributed by atoms with Crippen molar-refractivity contribution in [1.82, 2.24) is 4.90 Å². The molecule has 1 aromatic carbocycles. The molecule has 3 N–H and O–H groups in total. The van der Waals surface area contributed by atoms with Gasteiger partial charge in [-0.05, 0) is 87.4 Å². The van der Waals surface area contributed by atoms with Crippen molar-refractivity contribution in [3.63, 3.8) is 0 Å². The molecule has 216 valence electrons. The van der Waals surface area contributed by atoms with Crippen molar-refractivity contribution in [3.8, 4) is 5.75 Å². The third-order valence-electron chi connectivity index (χ3n) is 9.48. The average molecular weight is 532 g/mol. The fourth-order valence-electron chi connectivity index (χ4n) is 6.66. The molecule has 6 nitrogen and oxygen atoms in total. The zero-order valence-electron chi connectivity index (χ0n) is 26.0. The third-order valence-corrected chi connectivity index (χ3v) is 9.48. The molecule has 1 aliphatic heterocycles. The predicted molar refractivity (Wildman–Crippen MR) is 154 cm³/mol. The number of rotatable bonds is 8. The van der Waals surface area contributed by atoms with Gasteiger partial charge in [0.25, 0.3) is 0 Å². The maximum absolute atomic E-state index is 13.2. The van der Waals surface area contributed by atoms with Crippen LogP contribution in [0.25, 0.3) is 0 Å². The Hall–Kier alpha value is -2.08. The van der Waals surface area contributed by atoms with E-state index in [0.717, 1.165) is 6.42 Å². The highest BCUT2D eigenvalue weighted by Crippen LogP contribution is 2.56. The molecule has 1 saturated heterocycles. The molecule has 1 heterocycles. The van der Waals surface area contributed by atoms with E-state index in [0.29, 0.717) is 36.0 Å². The highest BCUT2D eigenvalue weighted by Gasteiger charge is 2.60. The summed E-state index contributed by atoms with van der Waals surface area (Å²) in [5.41, 5.74) is -1.30. The first-order valence-corrected chi connectivity index (χ1v) is 14.2. The summed E-state index contributed by atoms with van der Waals surface area (Å²) in [5.74, 6) is -3.39. The van der Waals surface area contributed by atoms with Gasteiger partial charge in [-0.2, -0.15) is 0 Å². The van der Waals surface area contributed by atoms with Crippen molar-refractivity contribution in [2.45, 2.75) is 136 Å². The maximum atomic E-state index is 13.2. The van der Waals surface area contributed by atoms with E-state index in [1.807, 2.05) is 60.6 Å². The summed E-state index contributed by atoms with van der Waals surface area (Å²) in [6, 6.07) is 3.80. The number of nitrogens with zero attached hydrogens (tertiary/aromatic N) is 1. The second kappa shape index (κ2) is 10.5. The van der Waals surface area contributed by atoms with Crippen molar-refractivity contribution in [2.75, 3.05) is 7.05 Å². The quantitative estimate of drug-likeness (QED) is 0.304. The van der Waals surface area contributed by atoms with Crippen LogP contribution in [-0.2, 0) is 20.4 Å². The largest absolute Gasteiger partial charge is 0.507 e. The van der Waals surface area contributed by atoms with Gasteiger partial charge in [-0.25, -0.2) is 0 Å². The lowest BCUT2D eigenvalue weighted by atomic mass is 9.56. The number of benzene rings is 1. The molecular formula is C32H53NO5. The molecule has 2 rings (SSSR count). The Morgan fingerprint density at radius 2 is 1.42 bits per heavy atom. The number of aliphatic carboxylic acids is 2. The van der Waals surface area contributed by atoms with Gasteiger partial charge in [0, 0.05) is 17.0 Å². The number of phenolic OH excluding ortho intramolecular Hbond substituents is 1. The number of likely N-dealkylation sites (tertiary alicyclic amines) is 1. The predicted octanol–water partition coefficient (Wildman–Crippen LogP) is 7.32. The Labute approximate surface area is 230 Å². The van der Waals surface area contributed by atoms with Gasteiger partial charge in [0.15, 0.2) is 5.41 Å². The summed E-state index contributed by atoms with van der Waals surface area (Å²) in [5, 5.41) is 33.0. The van der Waals surface area contributed by atoms with Crippen LogP contribution in [0.1, 0.15) is 131 Å². The molecule has 0 aromatic heterocycles. The molecule has 1 aromatic rings. The minimum absolute atomic E-state index is 0.0507. The van der Waals surface area contributed by atoms with E-state index in [2.05, 4.69) is 39.6 Å². The molecule has 2 atom stereocenters. The third kappa shape index (κ3) is 5.61. The van der Waals surface area contributed by atoms with Crippen molar-refractivity contribution in [1.29, 1.82) is 0 Å². The zero-order chi connectivity index (χ0) is 29.6. The van der Waals surface area contributed by atoms with Crippen LogP contribution in [0.5, 0.6) is 5.75 Å². The molecule has 38 heavy (non-hydrogen) atoms. The number of aromatic hydroxyl groups is 1. The molecule has 0 radical (unpaired) electrons. The topological polar surface area (TPSA) is 98.1 Å². The lowest BCUT2D eigenvalue weighted by molar-refractivity contribution is -0.172. The van der Waals surface area contributed by atoms with E-state index in [9.17, 15) is 24.9 Å². The minimum Gasteiger partial charge on any atom is -0.507 e. The Bertz CT molecular complexity index is 992. The van der Waals surface area contributed by atoms with Crippen LogP contribution in [0.2, 0.25) is 0 Å². The van der Waals surface area contributed by atoms with Crippen LogP contribution >= 0.6 is 0 Å². The first-order valence-electron chi connectivity index (χ1n) is 14.2. The van der Waals surface area contributed by atoms with Crippen molar-refractivity contribution >= 4 is 11.9 Å². The SMILES string of the molecule is CCCCC(C(=O)O)(C(=O)O)C(c1cc(C(C)(C)C)c(O)c(C(C)(C)C)c1)C1CCC(C)(C)N(C)C1(C)C. The Morgan fingerprint density at radius 3 is 1.79 bits per heavy atom. The van der Waals surface area contributed by atoms with Gasteiger partial charge in [-0.3, -0.25) is 14.5 Å². The van der Waals surface area contributed by atoms with Crippen LogP contribution < -0.4 is 0 Å².